The van der Waals surface area contributed by atoms with Gasteiger partial charge >= 0.3 is 0 Å². The summed E-state index contributed by atoms with van der Waals surface area (Å²) in [7, 11) is 0. The molecule has 6 heteroatoms. The van der Waals surface area contributed by atoms with Crippen LogP contribution in [0.2, 0.25) is 0 Å². The highest BCUT2D eigenvalue weighted by Crippen LogP contribution is 2.35. The fourth-order valence-corrected chi connectivity index (χ4v) is 4.32. The molecule has 2 aromatic carbocycles. The summed E-state index contributed by atoms with van der Waals surface area (Å²) in [6, 6.07) is 16.3. The van der Waals surface area contributed by atoms with Gasteiger partial charge in [0, 0.05) is 12.6 Å². The number of hydrogen-bond acceptors (Lipinski definition) is 3. The molecule has 1 aliphatic carbocycles. The monoisotopic (exact) mass is 391 g/mol. The number of nitrogens with one attached hydrogen (secondary N) is 2. The number of nitrogens with zero attached hydrogens (tertiary/aromatic N) is 1. The van der Waals surface area contributed by atoms with Crippen LogP contribution in [0.25, 0.3) is 0 Å². The highest BCUT2D eigenvalue weighted by molar-refractivity contribution is 6.21. The van der Waals surface area contributed by atoms with E-state index < -0.39 is 17.4 Å². The van der Waals surface area contributed by atoms with Crippen molar-refractivity contribution in [3.05, 3.63) is 65.7 Å². The zero-order valence-corrected chi connectivity index (χ0v) is 16.5. The Morgan fingerprint density at radius 3 is 2.45 bits per heavy atom. The molecule has 1 saturated carbocycles. The van der Waals surface area contributed by atoms with E-state index in [1.165, 1.54) is 4.90 Å². The number of para-hydroxylation sites is 1. The lowest BCUT2D eigenvalue weighted by Gasteiger charge is -2.40. The molecule has 6 nitrogen and oxygen atoms in total. The highest BCUT2D eigenvalue weighted by atomic mass is 16.2. The molecule has 2 aliphatic rings. The zero-order valence-electron chi connectivity index (χ0n) is 16.5. The molecular weight excluding hydrogens is 366 g/mol. The SMILES string of the molecule is CC1(C(=O)NCc2ccccc2)C(=O)Nc2ccccc2C(=O)N1C1CCCC1. The van der Waals surface area contributed by atoms with Gasteiger partial charge in [0.2, 0.25) is 0 Å². The fourth-order valence-electron chi connectivity index (χ4n) is 4.32. The van der Waals surface area contributed by atoms with Gasteiger partial charge in [-0.25, -0.2) is 0 Å². The Kier molecular flexibility index (Phi) is 5.09. The van der Waals surface area contributed by atoms with Crippen molar-refractivity contribution in [3.63, 3.8) is 0 Å². The lowest BCUT2D eigenvalue weighted by atomic mass is 9.93. The molecule has 0 bridgehead atoms. The summed E-state index contributed by atoms with van der Waals surface area (Å²) >= 11 is 0. The summed E-state index contributed by atoms with van der Waals surface area (Å²) in [5, 5.41) is 5.69. The number of benzene rings is 2. The number of amides is 3. The third kappa shape index (κ3) is 3.39. The van der Waals surface area contributed by atoms with Crippen molar-refractivity contribution >= 4 is 23.4 Å². The molecule has 150 valence electrons. The fraction of sp³-hybridized carbons (Fsp3) is 0.348. The highest BCUT2D eigenvalue weighted by Gasteiger charge is 2.53. The Morgan fingerprint density at radius 1 is 1.07 bits per heavy atom. The topological polar surface area (TPSA) is 78.5 Å². The number of hydrogen-bond donors (Lipinski definition) is 2. The van der Waals surface area contributed by atoms with Crippen molar-refractivity contribution in [1.29, 1.82) is 0 Å². The van der Waals surface area contributed by atoms with Crippen LogP contribution < -0.4 is 10.6 Å². The lowest BCUT2D eigenvalue weighted by Crippen LogP contribution is -2.66. The van der Waals surface area contributed by atoms with Crippen LogP contribution in [-0.2, 0) is 16.1 Å². The predicted octanol–water partition coefficient (Wildman–Crippen LogP) is 3.10. The van der Waals surface area contributed by atoms with Crippen LogP contribution in [0.1, 0.15) is 48.5 Å². The van der Waals surface area contributed by atoms with Crippen LogP contribution in [-0.4, -0.2) is 34.2 Å². The minimum absolute atomic E-state index is 0.133. The third-order valence-corrected chi connectivity index (χ3v) is 5.98. The van der Waals surface area contributed by atoms with Gasteiger partial charge in [0.1, 0.15) is 0 Å². The maximum Gasteiger partial charge on any atom is 0.259 e. The van der Waals surface area contributed by atoms with Gasteiger partial charge in [0.05, 0.1) is 11.3 Å². The standard InChI is InChI=1S/C23H25N3O3/c1-23(21(28)24-15-16-9-3-2-4-10-16)22(29)25-19-14-8-7-13-18(19)20(27)26(23)17-11-5-6-12-17/h2-4,7-10,13-14,17H,5-6,11-12,15H2,1H3,(H,24,28)(H,25,29). The summed E-state index contributed by atoms with van der Waals surface area (Å²) in [6.07, 6.45) is 3.56. The molecule has 1 aliphatic heterocycles. The lowest BCUT2D eigenvalue weighted by molar-refractivity contribution is -0.142. The summed E-state index contributed by atoms with van der Waals surface area (Å²) in [5.74, 6) is -1.22. The maximum absolute atomic E-state index is 13.5. The largest absolute Gasteiger partial charge is 0.350 e. The Labute approximate surface area is 170 Å². The maximum atomic E-state index is 13.5. The minimum Gasteiger partial charge on any atom is -0.350 e. The molecule has 0 radical (unpaired) electrons. The molecular formula is C23H25N3O3. The smallest absolute Gasteiger partial charge is 0.259 e. The number of carbonyl (C=O) groups is 3. The van der Waals surface area contributed by atoms with Crippen molar-refractivity contribution in [2.24, 2.45) is 0 Å². The van der Waals surface area contributed by atoms with Gasteiger partial charge in [-0.3, -0.25) is 14.4 Å². The van der Waals surface area contributed by atoms with Crippen molar-refractivity contribution < 1.29 is 14.4 Å². The van der Waals surface area contributed by atoms with E-state index in [-0.39, 0.29) is 11.9 Å². The summed E-state index contributed by atoms with van der Waals surface area (Å²) in [5.41, 5.74) is 0.179. The van der Waals surface area contributed by atoms with Gasteiger partial charge in [0.25, 0.3) is 17.7 Å². The van der Waals surface area contributed by atoms with E-state index in [0.29, 0.717) is 17.8 Å². The Bertz CT molecular complexity index is 937. The zero-order chi connectivity index (χ0) is 20.4. The number of rotatable bonds is 4. The van der Waals surface area contributed by atoms with E-state index in [9.17, 15) is 14.4 Å². The number of anilines is 1. The first-order valence-electron chi connectivity index (χ1n) is 10.1. The second-order valence-corrected chi connectivity index (χ2v) is 7.85. The Hall–Kier alpha value is -3.15. The van der Waals surface area contributed by atoms with Gasteiger partial charge in [-0.15, -0.1) is 0 Å². The average molecular weight is 391 g/mol. The molecule has 4 rings (SSSR count). The van der Waals surface area contributed by atoms with Crippen LogP contribution in [0.15, 0.2) is 54.6 Å². The predicted molar refractivity (Wildman–Crippen MR) is 110 cm³/mol. The molecule has 1 fully saturated rings. The third-order valence-electron chi connectivity index (χ3n) is 5.98. The molecule has 2 aromatic rings. The van der Waals surface area contributed by atoms with E-state index >= 15 is 0 Å². The van der Waals surface area contributed by atoms with E-state index in [2.05, 4.69) is 10.6 Å². The second-order valence-electron chi connectivity index (χ2n) is 7.85. The molecule has 1 heterocycles. The molecule has 0 saturated heterocycles. The molecule has 1 unspecified atom stereocenters. The van der Waals surface area contributed by atoms with Crippen LogP contribution in [0, 0.1) is 0 Å². The molecule has 0 spiro atoms. The van der Waals surface area contributed by atoms with Crippen molar-refractivity contribution in [2.75, 3.05) is 5.32 Å². The quantitative estimate of drug-likeness (QED) is 0.786. The van der Waals surface area contributed by atoms with Crippen molar-refractivity contribution in [1.82, 2.24) is 10.2 Å². The summed E-state index contributed by atoms with van der Waals surface area (Å²) in [4.78, 5) is 41.7. The van der Waals surface area contributed by atoms with E-state index in [4.69, 9.17) is 0 Å². The molecule has 29 heavy (non-hydrogen) atoms. The molecule has 2 N–H and O–H groups in total. The van der Waals surface area contributed by atoms with Crippen LogP contribution >= 0.6 is 0 Å². The molecule has 0 aromatic heterocycles. The summed E-state index contributed by atoms with van der Waals surface area (Å²) < 4.78 is 0. The van der Waals surface area contributed by atoms with Gasteiger partial charge in [-0.2, -0.15) is 0 Å². The van der Waals surface area contributed by atoms with Gasteiger partial charge in [0.15, 0.2) is 5.54 Å². The second kappa shape index (κ2) is 7.70. The first kappa shape index (κ1) is 19.2. The summed E-state index contributed by atoms with van der Waals surface area (Å²) in [6.45, 7) is 1.85. The van der Waals surface area contributed by atoms with Crippen LogP contribution in [0.4, 0.5) is 5.69 Å². The average Bonchev–Trinajstić information content (AvgIpc) is 3.24. The van der Waals surface area contributed by atoms with Gasteiger partial charge in [-0.1, -0.05) is 55.3 Å². The molecule has 1 atom stereocenters. The molecule has 3 amide bonds. The Morgan fingerprint density at radius 2 is 1.72 bits per heavy atom. The van der Waals surface area contributed by atoms with E-state index in [1.807, 2.05) is 30.3 Å². The van der Waals surface area contributed by atoms with Crippen LogP contribution in [0.3, 0.4) is 0 Å². The number of carbonyl (C=O) groups excluding carboxylic acids is 3. The minimum atomic E-state index is -1.63. The first-order chi connectivity index (χ1) is 14.0. The van der Waals surface area contributed by atoms with Gasteiger partial charge < -0.3 is 15.5 Å². The van der Waals surface area contributed by atoms with Crippen LogP contribution in [0.5, 0.6) is 0 Å². The number of fused-ring (bicyclic) bond motifs is 1. The van der Waals surface area contributed by atoms with Crippen molar-refractivity contribution in [2.45, 2.75) is 50.7 Å². The van der Waals surface area contributed by atoms with E-state index in [0.717, 1.165) is 31.2 Å². The van der Waals surface area contributed by atoms with Crippen molar-refractivity contribution in [3.8, 4) is 0 Å². The van der Waals surface area contributed by atoms with Gasteiger partial charge in [-0.05, 0) is 37.5 Å². The Balaban J connectivity index is 1.70. The van der Waals surface area contributed by atoms with E-state index in [1.54, 1.807) is 31.2 Å². The first-order valence-corrected chi connectivity index (χ1v) is 10.1. The normalized spacial score (nSPS) is 22.0.